The quantitative estimate of drug-likeness (QED) is 0.0784. The zero-order valence-electron chi connectivity index (χ0n) is 35.1. The van der Waals surface area contributed by atoms with Gasteiger partial charge in [0.15, 0.2) is 11.4 Å². The van der Waals surface area contributed by atoms with Crippen LogP contribution in [-0.4, -0.2) is 115 Å². The lowest BCUT2D eigenvalue weighted by Crippen LogP contribution is -2.49. The van der Waals surface area contributed by atoms with E-state index in [0.717, 1.165) is 32.6 Å². The molecule has 17 heteroatoms. The number of carbonyl (C=O) groups is 3. The molecule has 2 aliphatic rings. The Morgan fingerprint density at radius 1 is 1.03 bits per heavy atom. The molecular formula is C45H51N9O7S. The van der Waals surface area contributed by atoms with Gasteiger partial charge >= 0.3 is 0 Å². The van der Waals surface area contributed by atoms with E-state index >= 15 is 0 Å². The number of aryl methyl sites for hydroxylation is 1. The average molecular weight is 862 g/mol. The number of aliphatic hydroxyl groups excluding tert-OH is 1. The molecule has 5 N–H and O–H groups in total. The van der Waals surface area contributed by atoms with Crippen LogP contribution < -0.4 is 15.4 Å². The molecule has 0 bridgehead atoms. The monoisotopic (exact) mass is 861 g/mol. The predicted molar refractivity (Wildman–Crippen MR) is 232 cm³/mol. The number of H-pyrrole nitrogens is 1. The molecule has 0 saturated carbocycles. The molecule has 324 valence electrons. The molecule has 2 aromatic carbocycles. The summed E-state index contributed by atoms with van der Waals surface area (Å²) < 4.78 is 11.4. The van der Waals surface area contributed by atoms with Gasteiger partial charge in [-0.15, -0.1) is 21.5 Å². The molecule has 4 aromatic heterocycles. The van der Waals surface area contributed by atoms with Crippen LogP contribution in [0, 0.1) is 12.8 Å². The molecule has 0 radical (unpaired) electrons. The minimum atomic E-state index is -0.847. The van der Waals surface area contributed by atoms with Crippen molar-refractivity contribution in [3.8, 4) is 33.3 Å². The maximum atomic E-state index is 14.1. The number of phenols is 1. The van der Waals surface area contributed by atoms with Crippen molar-refractivity contribution in [2.75, 3.05) is 39.3 Å². The number of likely N-dealkylation sites (tertiary alicyclic amines) is 2. The van der Waals surface area contributed by atoms with Gasteiger partial charge in [-0.2, -0.15) is 0 Å². The predicted octanol–water partition coefficient (Wildman–Crippen LogP) is 5.31. The second kappa shape index (κ2) is 18.4. The minimum absolute atomic E-state index is 0.0316. The van der Waals surface area contributed by atoms with E-state index in [0.29, 0.717) is 55.3 Å². The van der Waals surface area contributed by atoms with Gasteiger partial charge in [-0.3, -0.25) is 14.4 Å². The average Bonchev–Trinajstić information content (AvgIpc) is 4.06. The summed E-state index contributed by atoms with van der Waals surface area (Å²) in [5.74, 6) is -0.721. The van der Waals surface area contributed by atoms with E-state index < -0.39 is 18.1 Å². The molecule has 6 heterocycles. The molecular weight excluding hydrogens is 811 g/mol. The molecule has 2 aliphatic heterocycles. The van der Waals surface area contributed by atoms with Crippen molar-refractivity contribution in [1.29, 1.82) is 0 Å². The van der Waals surface area contributed by atoms with Crippen molar-refractivity contribution in [3.63, 3.8) is 0 Å². The first kappa shape index (κ1) is 42.5. The number of rotatable bonds is 16. The number of fused-ring (bicyclic) bond motifs is 1. The number of hydrogen-bond donors (Lipinski definition) is 5. The fourth-order valence-corrected chi connectivity index (χ4v) is 9.10. The highest BCUT2D eigenvalue weighted by atomic mass is 32.1. The fourth-order valence-electron chi connectivity index (χ4n) is 8.29. The number of nitrogens with one attached hydrogen (secondary N) is 3. The Morgan fingerprint density at radius 3 is 2.56 bits per heavy atom. The lowest BCUT2D eigenvalue weighted by molar-refractivity contribution is -0.141. The molecule has 0 aliphatic carbocycles. The maximum Gasteiger partial charge on any atom is 0.254 e. The lowest BCUT2D eigenvalue weighted by Gasteiger charge is -2.39. The summed E-state index contributed by atoms with van der Waals surface area (Å²) in [5.41, 5.74) is 7.69. The zero-order valence-corrected chi connectivity index (χ0v) is 35.9. The Morgan fingerprint density at radius 2 is 1.82 bits per heavy atom. The second-order valence-electron chi connectivity index (χ2n) is 16.4. The van der Waals surface area contributed by atoms with E-state index in [-0.39, 0.29) is 66.8 Å². The SMILES string of the molecule is Cc1ncsc1-c1ccc([C@H](C)NC(=O)[C@@H]2C[C@@H](O)CN2C(=O)[C@@H](c2cc(OCCNCCC(=O)N3CC(c4c[nH]c5nnc(-c6ccccc6O)cc45)C3)no2)C(C)C)cc1. The largest absolute Gasteiger partial charge is 0.507 e. The molecule has 8 rings (SSSR count). The number of thiazole rings is 1. The van der Waals surface area contributed by atoms with Gasteiger partial charge in [-0.25, -0.2) is 4.98 Å². The number of aromatic amines is 1. The van der Waals surface area contributed by atoms with Crippen LogP contribution in [0.5, 0.6) is 11.6 Å². The number of phenolic OH excluding ortho intramolecular Hbond substituents is 1. The van der Waals surface area contributed by atoms with Gasteiger partial charge in [0.1, 0.15) is 24.3 Å². The van der Waals surface area contributed by atoms with Crippen molar-refractivity contribution < 1.29 is 33.9 Å². The summed E-state index contributed by atoms with van der Waals surface area (Å²) in [6.45, 7) is 10.1. The molecule has 0 spiro atoms. The highest BCUT2D eigenvalue weighted by Gasteiger charge is 2.43. The number of nitrogens with zero attached hydrogens (tertiary/aromatic N) is 6. The summed E-state index contributed by atoms with van der Waals surface area (Å²) >= 11 is 1.58. The number of ether oxygens (including phenoxy) is 1. The third-order valence-corrected chi connectivity index (χ3v) is 12.7. The number of aromatic nitrogens is 5. The van der Waals surface area contributed by atoms with Crippen molar-refractivity contribution in [3.05, 3.63) is 95.0 Å². The van der Waals surface area contributed by atoms with Gasteiger partial charge in [0.05, 0.1) is 33.9 Å². The second-order valence-corrected chi connectivity index (χ2v) is 17.3. The molecule has 2 saturated heterocycles. The molecule has 62 heavy (non-hydrogen) atoms. The summed E-state index contributed by atoms with van der Waals surface area (Å²) in [6.07, 6.45) is 1.54. The maximum absolute atomic E-state index is 14.1. The highest BCUT2D eigenvalue weighted by molar-refractivity contribution is 7.13. The van der Waals surface area contributed by atoms with Gasteiger partial charge in [0, 0.05) is 74.7 Å². The fraction of sp³-hybridized carbons (Fsp3) is 0.400. The van der Waals surface area contributed by atoms with E-state index in [1.165, 1.54) is 4.90 Å². The molecule has 2 fully saturated rings. The van der Waals surface area contributed by atoms with E-state index in [1.807, 2.05) is 80.7 Å². The Labute approximate surface area is 362 Å². The van der Waals surface area contributed by atoms with Crippen LogP contribution in [0.2, 0.25) is 0 Å². The van der Waals surface area contributed by atoms with Crippen LogP contribution in [0.1, 0.15) is 74.1 Å². The number of aromatic hydroxyl groups is 1. The first-order chi connectivity index (χ1) is 29.9. The number of para-hydroxylation sites is 1. The molecule has 6 aromatic rings. The summed E-state index contributed by atoms with van der Waals surface area (Å²) in [4.78, 5) is 52.6. The normalized spacial score (nSPS) is 17.6. The standard InChI is InChI=1S/C45H51N9O7S/c1-25(2)41(45(59)54-23-31(55)17-36(54)44(58)49-26(3)28-9-11-29(12-10-28)42-27(4)48-24-62-42)38-19-39(52-61-38)60-16-15-46-14-13-40(57)53-21-30(22-53)34-20-47-43-33(34)18-35(50-51-43)32-7-5-6-8-37(32)56/h5-12,18-20,24-26,30-31,36,41,46,55-56H,13-17,21-23H2,1-4H3,(H,47,51)(H,49,58)/t26-,31+,36-,41+/m0/s1. The van der Waals surface area contributed by atoms with E-state index in [9.17, 15) is 24.6 Å². The van der Waals surface area contributed by atoms with Crippen LogP contribution in [-0.2, 0) is 14.4 Å². The number of amides is 3. The number of carbonyl (C=O) groups excluding carboxylic acids is 3. The van der Waals surface area contributed by atoms with Crippen LogP contribution in [0.4, 0.5) is 0 Å². The first-order valence-electron chi connectivity index (χ1n) is 21.0. The summed E-state index contributed by atoms with van der Waals surface area (Å²) in [6, 6.07) is 17.4. The Bertz CT molecular complexity index is 2530. The van der Waals surface area contributed by atoms with Crippen LogP contribution >= 0.6 is 11.3 Å². The Kier molecular flexibility index (Phi) is 12.6. The molecule has 3 amide bonds. The molecule has 0 unspecified atom stereocenters. The van der Waals surface area contributed by atoms with Gasteiger partial charge < -0.3 is 44.9 Å². The van der Waals surface area contributed by atoms with Crippen molar-refractivity contribution >= 4 is 40.1 Å². The molecule has 16 nitrogen and oxygen atoms in total. The number of benzene rings is 2. The van der Waals surface area contributed by atoms with Gasteiger partial charge in [0.25, 0.3) is 5.88 Å². The van der Waals surface area contributed by atoms with Crippen molar-refractivity contribution in [2.24, 2.45) is 5.92 Å². The number of β-amino-alcohol motifs (C(OH)–C–C–N with tert-alkyl or cyclic N) is 1. The third-order valence-electron chi connectivity index (χ3n) is 11.8. The van der Waals surface area contributed by atoms with E-state index in [2.05, 4.69) is 36.0 Å². The van der Waals surface area contributed by atoms with Gasteiger partial charge in [0.2, 0.25) is 17.7 Å². The summed E-state index contributed by atoms with van der Waals surface area (Å²) in [7, 11) is 0. The Balaban J connectivity index is 0.779. The van der Waals surface area contributed by atoms with Crippen molar-refractivity contribution in [1.82, 2.24) is 45.8 Å². The van der Waals surface area contributed by atoms with Gasteiger partial charge in [-0.1, -0.05) is 50.2 Å². The minimum Gasteiger partial charge on any atom is -0.507 e. The van der Waals surface area contributed by atoms with Crippen LogP contribution in [0.15, 0.2) is 76.9 Å². The highest BCUT2D eigenvalue weighted by Crippen LogP contribution is 2.36. The summed E-state index contributed by atoms with van der Waals surface area (Å²) in [5, 5.41) is 40.8. The number of aliphatic hydroxyl groups is 1. The Hall–Kier alpha value is -6.17. The topological polar surface area (TPSA) is 212 Å². The third kappa shape index (κ3) is 9.05. The van der Waals surface area contributed by atoms with E-state index in [4.69, 9.17) is 9.26 Å². The molecule has 4 atom stereocenters. The van der Waals surface area contributed by atoms with Crippen LogP contribution in [0.3, 0.4) is 0 Å². The smallest absolute Gasteiger partial charge is 0.254 e. The first-order valence-corrected chi connectivity index (χ1v) is 21.8. The van der Waals surface area contributed by atoms with Crippen LogP contribution in [0.25, 0.3) is 32.7 Å². The lowest BCUT2D eigenvalue weighted by atomic mass is 9.91. The van der Waals surface area contributed by atoms with Gasteiger partial charge in [-0.05, 0) is 59.8 Å². The van der Waals surface area contributed by atoms with Crippen molar-refractivity contribution in [2.45, 2.75) is 70.6 Å². The van der Waals surface area contributed by atoms with E-state index in [1.54, 1.807) is 35.6 Å². The zero-order chi connectivity index (χ0) is 43.5. The number of hydrogen-bond acceptors (Lipinski definition) is 13.